The molecule has 0 spiro atoms. The third-order valence-corrected chi connectivity index (χ3v) is 3.73. The quantitative estimate of drug-likeness (QED) is 0.480. The van der Waals surface area contributed by atoms with E-state index in [1.165, 1.54) is 18.2 Å². The minimum absolute atomic E-state index is 0.225. The number of carbonyl (C=O) groups is 1. The van der Waals surface area contributed by atoms with Crippen LogP contribution in [-0.4, -0.2) is 23.0 Å². The lowest BCUT2D eigenvalue weighted by Crippen LogP contribution is -2.20. The number of hydrogen-bond donors (Lipinski definition) is 2. The highest BCUT2D eigenvalue weighted by Crippen LogP contribution is 2.22. The van der Waals surface area contributed by atoms with Crippen molar-refractivity contribution in [2.24, 2.45) is 10.3 Å². The highest BCUT2D eigenvalue weighted by atomic mass is 35.5. The number of carbonyl (C=O) groups excluding carboxylic acids is 1. The van der Waals surface area contributed by atoms with E-state index in [1.807, 2.05) is 0 Å². The molecule has 0 radical (unpaired) electrons. The van der Waals surface area contributed by atoms with Crippen molar-refractivity contribution in [3.05, 3.63) is 68.7 Å². The molecule has 0 heterocycles. The molecule has 0 aliphatic rings. The van der Waals surface area contributed by atoms with Gasteiger partial charge < -0.3 is 5.21 Å². The van der Waals surface area contributed by atoms with Gasteiger partial charge in [0.1, 0.15) is 5.71 Å². The Morgan fingerprint density at radius 2 is 1.83 bits per heavy atom. The highest BCUT2D eigenvalue weighted by molar-refractivity contribution is 6.42. The van der Waals surface area contributed by atoms with E-state index < -0.39 is 5.91 Å². The van der Waals surface area contributed by atoms with Gasteiger partial charge in [-0.1, -0.05) is 52.1 Å². The van der Waals surface area contributed by atoms with Gasteiger partial charge in [-0.3, -0.25) is 4.79 Å². The second-order valence-corrected chi connectivity index (χ2v) is 5.57. The topological polar surface area (TPSA) is 74.0 Å². The van der Waals surface area contributed by atoms with Crippen molar-refractivity contribution in [1.29, 1.82) is 0 Å². The zero-order valence-corrected chi connectivity index (χ0v) is 13.8. The molecule has 0 unspecified atom stereocenters. The van der Waals surface area contributed by atoms with Crippen LogP contribution in [0.4, 0.5) is 0 Å². The molecule has 0 atom stereocenters. The lowest BCUT2D eigenvalue weighted by atomic mass is 10.1. The molecular weight excluding hydrogens is 361 g/mol. The molecule has 0 bridgehead atoms. The van der Waals surface area contributed by atoms with Gasteiger partial charge in [0.2, 0.25) is 0 Å². The average Bonchev–Trinajstić information content (AvgIpc) is 2.53. The fraction of sp³-hybridized carbons (Fsp3) is 0. The van der Waals surface area contributed by atoms with Crippen molar-refractivity contribution in [2.75, 3.05) is 0 Å². The summed E-state index contributed by atoms with van der Waals surface area (Å²) in [6.45, 7) is 0. The number of nitrogens with one attached hydrogen (secondary N) is 1. The van der Waals surface area contributed by atoms with Crippen LogP contribution in [0.1, 0.15) is 15.9 Å². The molecule has 0 saturated carbocycles. The van der Waals surface area contributed by atoms with Crippen LogP contribution in [0, 0.1) is 0 Å². The van der Waals surface area contributed by atoms with Crippen molar-refractivity contribution in [1.82, 2.24) is 5.43 Å². The third-order valence-electron chi connectivity index (χ3n) is 2.76. The maximum Gasteiger partial charge on any atom is 0.271 e. The van der Waals surface area contributed by atoms with Crippen LogP contribution in [0.2, 0.25) is 15.1 Å². The Hall–Kier alpha value is -2.08. The molecule has 2 N–H and O–H groups in total. The summed E-state index contributed by atoms with van der Waals surface area (Å²) in [5, 5.41) is 16.7. The Balaban J connectivity index is 2.23. The Kier molecular flexibility index (Phi) is 5.98. The van der Waals surface area contributed by atoms with Crippen molar-refractivity contribution < 1.29 is 10.0 Å². The summed E-state index contributed by atoms with van der Waals surface area (Å²) in [6.07, 6.45) is 1.08. The van der Waals surface area contributed by atoms with Gasteiger partial charge in [0.15, 0.2) is 0 Å². The molecule has 2 aromatic rings. The summed E-state index contributed by atoms with van der Waals surface area (Å²) in [5.41, 5.74) is 3.44. The van der Waals surface area contributed by atoms with Crippen molar-refractivity contribution in [3.8, 4) is 0 Å². The SMILES string of the molecule is O=C(N/N=C(\C=N\O)c1cccc(Cl)c1)c1ccc(Cl)c(Cl)c1. The first kappa shape index (κ1) is 17.3. The van der Waals surface area contributed by atoms with Crippen LogP contribution >= 0.6 is 34.8 Å². The first-order valence-corrected chi connectivity index (χ1v) is 7.41. The molecule has 2 aromatic carbocycles. The van der Waals surface area contributed by atoms with Gasteiger partial charge in [-0.15, -0.1) is 0 Å². The summed E-state index contributed by atoms with van der Waals surface area (Å²) in [5.74, 6) is -0.491. The van der Waals surface area contributed by atoms with E-state index in [0.29, 0.717) is 15.6 Å². The predicted molar refractivity (Wildman–Crippen MR) is 92.2 cm³/mol. The van der Waals surface area contributed by atoms with Gasteiger partial charge in [0.25, 0.3) is 5.91 Å². The van der Waals surface area contributed by atoms with E-state index in [-0.39, 0.29) is 16.3 Å². The molecular formula is C15H10Cl3N3O2. The molecule has 8 heteroatoms. The van der Waals surface area contributed by atoms with E-state index >= 15 is 0 Å². The number of amides is 1. The smallest absolute Gasteiger partial charge is 0.271 e. The zero-order chi connectivity index (χ0) is 16.8. The standard InChI is InChI=1S/C15H10Cl3N3O2/c16-11-3-1-2-9(6-11)14(8-19-23)20-21-15(22)10-4-5-12(17)13(18)7-10/h1-8,23H,(H,21,22)/b19-8+,20-14+. The number of benzene rings is 2. The fourth-order valence-electron chi connectivity index (χ4n) is 1.68. The van der Waals surface area contributed by atoms with E-state index in [9.17, 15) is 4.79 Å². The van der Waals surface area contributed by atoms with E-state index in [1.54, 1.807) is 24.3 Å². The van der Waals surface area contributed by atoms with E-state index in [4.69, 9.17) is 40.0 Å². The molecule has 1 amide bonds. The van der Waals surface area contributed by atoms with Crippen LogP contribution < -0.4 is 5.43 Å². The van der Waals surface area contributed by atoms with Gasteiger partial charge in [-0.05, 0) is 30.3 Å². The van der Waals surface area contributed by atoms with Gasteiger partial charge in [-0.25, -0.2) is 5.43 Å². The van der Waals surface area contributed by atoms with Crippen LogP contribution in [0.3, 0.4) is 0 Å². The molecule has 0 fully saturated rings. The highest BCUT2D eigenvalue weighted by Gasteiger charge is 2.09. The van der Waals surface area contributed by atoms with Crippen molar-refractivity contribution in [2.45, 2.75) is 0 Å². The summed E-state index contributed by atoms with van der Waals surface area (Å²) < 4.78 is 0. The van der Waals surface area contributed by atoms with Crippen molar-refractivity contribution >= 4 is 52.6 Å². The number of halogens is 3. The van der Waals surface area contributed by atoms with Gasteiger partial charge >= 0.3 is 0 Å². The number of nitrogens with zero attached hydrogens (tertiary/aromatic N) is 2. The molecule has 0 saturated heterocycles. The molecule has 5 nitrogen and oxygen atoms in total. The molecule has 23 heavy (non-hydrogen) atoms. The van der Waals surface area contributed by atoms with Gasteiger partial charge in [0, 0.05) is 16.1 Å². The van der Waals surface area contributed by atoms with Crippen LogP contribution in [0.15, 0.2) is 52.7 Å². The van der Waals surface area contributed by atoms with Crippen LogP contribution in [0.5, 0.6) is 0 Å². The zero-order valence-electron chi connectivity index (χ0n) is 11.5. The second kappa shape index (κ2) is 7.97. The lowest BCUT2D eigenvalue weighted by molar-refractivity contribution is 0.0955. The monoisotopic (exact) mass is 369 g/mol. The Labute approximate surface area is 147 Å². The lowest BCUT2D eigenvalue weighted by Gasteiger charge is -2.04. The normalized spacial score (nSPS) is 11.7. The minimum Gasteiger partial charge on any atom is -0.411 e. The maximum atomic E-state index is 12.1. The second-order valence-electron chi connectivity index (χ2n) is 4.32. The maximum absolute atomic E-state index is 12.1. The van der Waals surface area contributed by atoms with Crippen molar-refractivity contribution in [3.63, 3.8) is 0 Å². The average molecular weight is 371 g/mol. The van der Waals surface area contributed by atoms with Gasteiger partial charge in [0.05, 0.1) is 16.3 Å². The molecule has 0 aliphatic carbocycles. The Bertz CT molecular complexity index is 791. The number of oxime groups is 1. The van der Waals surface area contributed by atoms with E-state index in [2.05, 4.69) is 15.7 Å². The first-order valence-electron chi connectivity index (χ1n) is 6.27. The summed E-state index contributed by atoms with van der Waals surface area (Å²) >= 11 is 17.6. The minimum atomic E-state index is -0.491. The molecule has 2 rings (SSSR count). The molecule has 0 aromatic heterocycles. The van der Waals surface area contributed by atoms with Crippen LogP contribution in [0.25, 0.3) is 0 Å². The number of hydrazone groups is 1. The first-order chi connectivity index (χ1) is 11.0. The third kappa shape index (κ3) is 4.69. The number of rotatable bonds is 4. The Morgan fingerprint density at radius 3 is 2.48 bits per heavy atom. The fourth-order valence-corrected chi connectivity index (χ4v) is 2.17. The van der Waals surface area contributed by atoms with Crippen LogP contribution in [-0.2, 0) is 0 Å². The summed E-state index contributed by atoms with van der Waals surface area (Å²) in [7, 11) is 0. The van der Waals surface area contributed by atoms with Gasteiger partial charge in [-0.2, -0.15) is 5.10 Å². The molecule has 0 aliphatic heterocycles. The largest absolute Gasteiger partial charge is 0.411 e. The number of hydrogen-bond acceptors (Lipinski definition) is 4. The summed E-state index contributed by atoms with van der Waals surface area (Å²) in [4.78, 5) is 12.1. The van der Waals surface area contributed by atoms with E-state index in [0.717, 1.165) is 6.21 Å². The summed E-state index contributed by atoms with van der Waals surface area (Å²) in [6, 6.07) is 11.2. The molecule has 118 valence electrons. The predicted octanol–water partition coefficient (Wildman–Crippen LogP) is 4.24. The Morgan fingerprint density at radius 1 is 1.04 bits per heavy atom.